The number of hydrogen-bond donors (Lipinski definition) is 4. The van der Waals surface area contributed by atoms with Gasteiger partial charge in [-0.15, -0.1) is 0 Å². The first kappa shape index (κ1) is 19.1. The standard InChI is InChI=1S/C19H31N3O4/c20-15-4-3-11-7-13(2-1-12(11)8-15)18(25)21-6-5-16-9-14(10-17(23)24)19(26)22-16/h11-16H,1-10,20H2,(H,21,25)(H,22,26)(H,23,24)/t11-,12+,13?,14+,15?,16-/m1/s1. The number of fused-ring (bicyclic) bond motifs is 1. The molecule has 3 aliphatic rings. The molecule has 5 N–H and O–H groups in total. The van der Waals surface area contributed by atoms with E-state index >= 15 is 0 Å². The van der Waals surface area contributed by atoms with E-state index in [0.717, 1.165) is 38.5 Å². The van der Waals surface area contributed by atoms with Crippen LogP contribution in [-0.4, -0.2) is 41.5 Å². The van der Waals surface area contributed by atoms with Crippen LogP contribution in [-0.2, 0) is 14.4 Å². The molecule has 3 rings (SSSR count). The predicted octanol–water partition coefficient (Wildman–Crippen LogP) is 1.02. The second-order valence-corrected chi connectivity index (χ2v) is 8.42. The summed E-state index contributed by atoms with van der Waals surface area (Å²) in [6.07, 6.45) is 7.43. The van der Waals surface area contributed by atoms with Gasteiger partial charge in [-0.25, -0.2) is 0 Å². The van der Waals surface area contributed by atoms with Crippen LogP contribution in [0.4, 0.5) is 0 Å². The number of carbonyl (C=O) groups excluding carboxylic acids is 2. The highest BCUT2D eigenvalue weighted by Crippen LogP contribution is 2.42. The van der Waals surface area contributed by atoms with Crippen molar-refractivity contribution in [3.63, 3.8) is 0 Å². The smallest absolute Gasteiger partial charge is 0.304 e. The molecule has 6 atom stereocenters. The van der Waals surface area contributed by atoms with Gasteiger partial charge in [0.2, 0.25) is 11.8 Å². The Morgan fingerprint density at radius 2 is 1.85 bits per heavy atom. The Morgan fingerprint density at radius 3 is 2.62 bits per heavy atom. The van der Waals surface area contributed by atoms with Crippen LogP contribution in [0.3, 0.4) is 0 Å². The number of nitrogens with two attached hydrogens (primary N) is 1. The van der Waals surface area contributed by atoms with Crippen LogP contribution in [0.25, 0.3) is 0 Å². The Balaban J connectivity index is 1.37. The van der Waals surface area contributed by atoms with Gasteiger partial charge in [-0.3, -0.25) is 14.4 Å². The SMILES string of the molecule is NC1CC[C@@H]2CC(C(=O)NCC[C@@H]3C[C@@H](CC(=O)O)C(=O)N3)CC[C@H]2C1. The maximum absolute atomic E-state index is 12.5. The largest absolute Gasteiger partial charge is 0.481 e. The van der Waals surface area contributed by atoms with Crippen LogP contribution in [0.1, 0.15) is 57.8 Å². The Labute approximate surface area is 154 Å². The number of amides is 2. The van der Waals surface area contributed by atoms with Crippen molar-refractivity contribution in [3.8, 4) is 0 Å². The molecular formula is C19H31N3O4. The van der Waals surface area contributed by atoms with E-state index in [0.29, 0.717) is 37.3 Å². The maximum Gasteiger partial charge on any atom is 0.304 e. The molecule has 0 aromatic heterocycles. The minimum atomic E-state index is -0.946. The summed E-state index contributed by atoms with van der Waals surface area (Å²) in [5.74, 6) is -0.00168. The summed E-state index contributed by atoms with van der Waals surface area (Å²) in [4.78, 5) is 35.0. The number of nitrogens with one attached hydrogen (secondary N) is 2. The van der Waals surface area contributed by atoms with Gasteiger partial charge >= 0.3 is 5.97 Å². The molecule has 0 aromatic carbocycles. The van der Waals surface area contributed by atoms with E-state index in [1.54, 1.807) is 0 Å². The van der Waals surface area contributed by atoms with Crippen molar-refractivity contribution in [2.45, 2.75) is 69.9 Å². The summed E-state index contributed by atoms with van der Waals surface area (Å²) in [7, 11) is 0. The zero-order valence-electron chi connectivity index (χ0n) is 15.3. The summed E-state index contributed by atoms with van der Waals surface area (Å²) >= 11 is 0. The van der Waals surface area contributed by atoms with Gasteiger partial charge in [0, 0.05) is 24.5 Å². The fourth-order valence-corrected chi connectivity index (χ4v) is 5.08. The lowest BCUT2D eigenvalue weighted by molar-refractivity contribution is -0.140. The molecule has 3 fully saturated rings. The van der Waals surface area contributed by atoms with Crippen molar-refractivity contribution in [1.82, 2.24) is 10.6 Å². The summed E-state index contributed by atoms with van der Waals surface area (Å²) in [6.45, 7) is 0.527. The monoisotopic (exact) mass is 365 g/mol. The van der Waals surface area contributed by atoms with E-state index < -0.39 is 11.9 Å². The zero-order chi connectivity index (χ0) is 18.7. The molecule has 1 aliphatic heterocycles. The van der Waals surface area contributed by atoms with Crippen LogP contribution < -0.4 is 16.4 Å². The minimum absolute atomic E-state index is 0.0391. The third-order valence-electron chi connectivity index (χ3n) is 6.52. The molecule has 7 nitrogen and oxygen atoms in total. The van der Waals surface area contributed by atoms with Crippen LogP contribution >= 0.6 is 0 Å². The Kier molecular flexibility index (Phi) is 6.16. The van der Waals surface area contributed by atoms with Gasteiger partial charge in [0.15, 0.2) is 0 Å². The number of carboxylic acids is 1. The van der Waals surface area contributed by atoms with Crippen LogP contribution in [0.15, 0.2) is 0 Å². The second-order valence-electron chi connectivity index (χ2n) is 8.42. The number of hydrogen-bond acceptors (Lipinski definition) is 4. The van der Waals surface area contributed by atoms with Gasteiger partial charge in [0.1, 0.15) is 0 Å². The summed E-state index contributed by atoms with van der Waals surface area (Å²) in [5, 5.41) is 14.7. The molecule has 0 bridgehead atoms. The van der Waals surface area contributed by atoms with Crippen molar-refractivity contribution in [2.24, 2.45) is 29.4 Å². The van der Waals surface area contributed by atoms with Gasteiger partial charge in [0.05, 0.1) is 12.3 Å². The van der Waals surface area contributed by atoms with Crippen molar-refractivity contribution in [3.05, 3.63) is 0 Å². The fraction of sp³-hybridized carbons (Fsp3) is 0.842. The van der Waals surface area contributed by atoms with E-state index in [1.165, 1.54) is 0 Å². The molecule has 7 heteroatoms. The fourth-order valence-electron chi connectivity index (χ4n) is 5.08. The van der Waals surface area contributed by atoms with E-state index in [-0.39, 0.29) is 30.2 Å². The van der Waals surface area contributed by atoms with E-state index in [1.807, 2.05) is 0 Å². The Bertz CT molecular complexity index is 553. The minimum Gasteiger partial charge on any atom is -0.481 e. The molecule has 1 heterocycles. The first-order chi connectivity index (χ1) is 12.4. The lowest BCUT2D eigenvalue weighted by atomic mass is 9.66. The average molecular weight is 365 g/mol. The second kappa shape index (κ2) is 8.37. The van der Waals surface area contributed by atoms with Gasteiger partial charge in [-0.05, 0) is 63.2 Å². The van der Waals surface area contributed by atoms with Crippen molar-refractivity contribution in [1.29, 1.82) is 0 Å². The third kappa shape index (κ3) is 4.75. The Hall–Kier alpha value is -1.63. The molecule has 0 radical (unpaired) electrons. The molecule has 26 heavy (non-hydrogen) atoms. The lowest BCUT2D eigenvalue weighted by Crippen LogP contribution is -2.41. The van der Waals surface area contributed by atoms with Gasteiger partial charge < -0.3 is 21.5 Å². The highest BCUT2D eigenvalue weighted by Gasteiger charge is 2.37. The highest BCUT2D eigenvalue weighted by molar-refractivity contribution is 5.85. The number of carboxylic acid groups (broad SMARTS) is 1. The number of rotatable bonds is 6. The lowest BCUT2D eigenvalue weighted by Gasteiger charge is -2.40. The average Bonchev–Trinajstić information content (AvgIpc) is 2.93. The van der Waals surface area contributed by atoms with E-state index in [2.05, 4.69) is 10.6 Å². The highest BCUT2D eigenvalue weighted by atomic mass is 16.4. The van der Waals surface area contributed by atoms with Crippen LogP contribution in [0, 0.1) is 23.7 Å². The molecule has 2 aliphatic carbocycles. The molecule has 0 spiro atoms. The Morgan fingerprint density at radius 1 is 1.12 bits per heavy atom. The quantitative estimate of drug-likeness (QED) is 0.560. The number of carbonyl (C=O) groups is 3. The predicted molar refractivity (Wildman–Crippen MR) is 96.1 cm³/mol. The summed E-state index contributed by atoms with van der Waals surface area (Å²) in [6, 6.07) is 0.302. The third-order valence-corrected chi connectivity index (χ3v) is 6.52. The summed E-state index contributed by atoms with van der Waals surface area (Å²) < 4.78 is 0. The molecule has 0 aromatic rings. The molecule has 1 saturated heterocycles. The van der Waals surface area contributed by atoms with Gasteiger partial charge in [-0.2, -0.15) is 0 Å². The maximum atomic E-state index is 12.5. The van der Waals surface area contributed by atoms with Crippen LogP contribution in [0.5, 0.6) is 0 Å². The molecule has 146 valence electrons. The van der Waals surface area contributed by atoms with E-state index in [9.17, 15) is 14.4 Å². The summed E-state index contributed by atoms with van der Waals surface area (Å²) in [5.41, 5.74) is 6.07. The van der Waals surface area contributed by atoms with Crippen molar-refractivity contribution in [2.75, 3.05) is 6.54 Å². The van der Waals surface area contributed by atoms with E-state index in [4.69, 9.17) is 10.8 Å². The molecule has 2 saturated carbocycles. The molecule has 2 amide bonds. The van der Waals surface area contributed by atoms with Gasteiger partial charge in [0.25, 0.3) is 0 Å². The molecule has 2 unspecified atom stereocenters. The first-order valence-electron chi connectivity index (χ1n) is 9.97. The van der Waals surface area contributed by atoms with Crippen LogP contribution in [0.2, 0.25) is 0 Å². The number of aliphatic carboxylic acids is 1. The normalized spacial score (nSPS) is 36.9. The van der Waals surface area contributed by atoms with Gasteiger partial charge in [-0.1, -0.05) is 0 Å². The van der Waals surface area contributed by atoms with Crippen molar-refractivity contribution < 1.29 is 19.5 Å². The first-order valence-corrected chi connectivity index (χ1v) is 9.97. The molecular weight excluding hydrogens is 334 g/mol. The topological polar surface area (TPSA) is 122 Å². The van der Waals surface area contributed by atoms with Crippen molar-refractivity contribution >= 4 is 17.8 Å². The zero-order valence-corrected chi connectivity index (χ0v) is 15.3.